The van der Waals surface area contributed by atoms with Gasteiger partial charge < -0.3 is 9.84 Å². The van der Waals surface area contributed by atoms with Crippen molar-refractivity contribution in [3.63, 3.8) is 0 Å². The van der Waals surface area contributed by atoms with Gasteiger partial charge in [-0.05, 0) is 66.8 Å². The Kier molecular flexibility index (Phi) is 6.64. The molecular formula is C22H24N2O4S. The van der Waals surface area contributed by atoms with Gasteiger partial charge in [0.2, 0.25) is 10.0 Å². The molecule has 0 amide bonds. The number of ether oxygens (including phenoxy) is 1. The fraction of sp³-hybridized carbons (Fsp3) is 0.227. The second-order valence-electron chi connectivity index (χ2n) is 6.89. The Bertz CT molecular complexity index is 1040. The summed E-state index contributed by atoms with van der Waals surface area (Å²) < 4.78 is 28.9. The van der Waals surface area contributed by atoms with Gasteiger partial charge in [0.25, 0.3) is 0 Å². The third-order valence-electron chi connectivity index (χ3n) is 4.67. The van der Waals surface area contributed by atoms with Crippen LogP contribution in [0.4, 0.5) is 0 Å². The third kappa shape index (κ3) is 5.87. The van der Waals surface area contributed by atoms with Crippen LogP contribution in [0, 0.1) is 0 Å². The van der Waals surface area contributed by atoms with E-state index in [1.807, 2.05) is 37.3 Å². The predicted molar refractivity (Wildman–Crippen MR) is 112 cm³/mol. The summed E-state index contributed by atoms with van der Waals surface area (Å²) in [6.07, 6.45) is 3.83. The van der Waals surface area contributed by atoms with Crippen molar-refractivity contribution in [1.29, 1.82) is 0 Å². The van der Waals surface area contributed by atoms with Gasteiger partial charge in [-0.3, -0.25) is 4.98 Å². The number of hydrogen-bond acceptors (Lipinski definition) is 5. The summed E-state index contributed by atoms with van der Waals surface area (Å²) in [5.74, 6) is 0.629. The molecule has 1 heterocycles. The van der Waals surface area contributed by atoms with Crippen molar-refractivity contribution in [3.05, 3.63) is 78.6 Å². The highest BCUT2D eigenvalue weighted by molar-refractivity contribution is 7.89. The highest BCUT2D eigenvalue weighted by Crippen LogP contribution is 2.25. The van der Waals surface area contributed by atoms with E-state index in [1.165, 1.54) is 12.1 Å². The number of aromatic nitrogens is 1. The third-order valence-corrected chi connectivity index (χ3v) is 5.58. The minimum absolute atomic E-state index is 0.0701. The Labute approximate surface area is 171 Å². The lowest BCUT2D eigenvalue weighted by Crippen LogP contribution is -2.29. The zero-order chi connectivity index (χ0) is 20.9. The number of aliphatic hydroxyl groups excluding tert-OH is 1. The number of aliphatic hydroxyl groups is 1. The molecule has 0 aliphatic heterocycles. The average Bonchev–Trinajstić information content (AvgIpc) is 2.73. The van der Waals surface area contributed by atoms with Gasteiger partial charge in [-0.1, -0.05) is 30.3 Å². The highest BCUT2D eigenvalue weighted by Gasteiger charge is 2.16. The van der Waals surface area contributed by atoms with Crippen molar-refractivity contribution >= 4 is 10.0 Å². The number of rotatable bonds is 8. The molecule has 3 aromatic rings. The summed E-state index contributed by atoms with van der Waals surface area (Å²) in [7, 11) is -3.75. The van der Waals surface area contributed by atoms with E-state index in [0.717, 1.165) is 23.1 Å². The lowest BCUT2D eigenvalue weighted by atomic mass is 10.0. The van der Waals surface area contributed by atoms with Crippen molar-refractivity contribution in [2.24, 2.45) is 5.14 Å². The maximum atomic E-state index is 11.5. The molecule has 1 aromatic heterocycles. The molecule has 0 saturated heterocycles. The summed E-state index contributed by atoms with van der Waals surface area (Å²) in [5, 5.41) is 15.6. The normalized spacial score (nSPS) is 13.6. The van der Waals surface area contributed by atoms with Crippen LogP contribution in [0.2, 0.25) is 0 Å². The Balaban J connectivity index is 1.61. The molecule has 0 radical (unpaired) electrons. The van der Waals surface area contributed by atoms with Crippen LogP contribution >= 0.6 is 0 Å². The maximum absolute atomic E-state index is 11.5. The van der Waals surface area contributed by atoms with E-state index >= 15 is 0 Å². The topological polar surface area (TPSA) is 103 Å². The first kappa shape index (κ1) is 21.0. The molecule has 0 aliphatic rings. The molecule has 0 spiro atoms. The van der Waals surface area contributed by atoms with Crippen molar-refractivity contribution in [2.75, 3.05) is 0 Å². The van der Waals surface area contributed by atoms with Crippen LogP contribution in [0.3, 0.4) is 0 Å². The number of aryl methyl sites for hydroxylation is 1. The average molecular weight is 413 g/mol. The van der Waals surface area contributed by atoms with Gasteiger partial charge in [0.05, 0.1) is 11.0 Å². The molecular weight excluding hydrogens is 388 g/mol. The second-order valence-corrected chi connectivity index (χ2v) is 8.45. The SMILES string of the molecule is CC(Oc1ccc(-c2cccc(S(N)(=O)=O)c2)cc1)C(O)CCc1cccnc1. The molecule has 2 atom stereocenters. The molecule has 29 heavy (non-hydrogen) atoms. The first-order valence-corrected chi connectivity index (χ1v) is 10.8. The number of nitrogens with two attached hydrogens (primary N) is 1. The standard InChI is InChI=1S/C22H24N2O4S/c1-16(22(25)12-7-17-4-3-13-24-15-17)28-20-10-8-18(9-11-20)19-5-2-6-21(14-19)29(23,26)27/h2-6,8-11,13-16,22,25H,7,12H2,1H3,(H2,23,26,27). The molecule has 0 aliphatic carbocycles. The minimum Gasteiger partial charge on any atom is -0.488 e. The van der Waals surface area contributed by atoms with Gasteiger partial charge in [-0.15, -0.1) is 0 Å². The van der Waals surface area contributed by atoms with Crippen LogP contribution in [0.25, 0.3) is 11.1 Å². The lowest BCUT2D eigenvalue weighted by Gasteiger charge is -2.20. The molecule has 152 valence electrons. The molecule has 3 rings (SSSR count). The van der Waals surface area contributed by atoms with E-state index in [2.05, 4.69) is 4.98 Å². The molecule has 0 fully saturated rings. The Hall–Kier alpha value is -2.74. The van der Waals surface area contributed by atoms with E-state index in [9.17, 15) is 13.5 Å². The van der Waals surface area contributed by atoms with E-state index in [1.54, 1.807) is 30.6 Å². The smallest absolute Gasteiger partial charge is 0.238 e. The van der Waals surface area contributed by atoms with Gasteiger partial charge in [-0.25, -0.2) is 13.6 Å². The minimum atomic E-state index is -3.75. The van der Waals surface area contributed by atoms with Crippen LogP contribution in [0.15, 0.2) is 78.0 Å². The predicted octanol–water partition coefficient (Wildman–Crippen LogP) is 3.16. The fourth-order valence-electron chi connectivity index (χ4n) is 2.97. The van der Waals surface area contributed by atoms with E-state index in [-0.39, 0.29) is 11.0 Å². The number of sulfonamides is 1. The molecule has 0 bridgehead atoms. The van der Waals surface area contributed by atoms with Crippen molar-refractivity contribution in [3.8, 4) is 16.9 Å². The van der Waals surface area contributed by atoms with Crippen LogP contribution in [0.1, 0.15) is 18.9 Å². The van der Waals surface area contributed by atoms with Crippen molar-refractivity contribution in [2.45, 2.75) is 36.9 Å². The summed E-state index contributed by atoms with van der Waals surface area (Å²) >= 11 is 0. The molecule has 0 saturated carbocycles. The lowest BCUT2D eigenvalue weighted by molar-refractivity contribution is 0.0420. The summed E-state index contributed by atoms with van der Waals surface area (Å²) in [4.78, 5) is 4.14. The van der Waals surface area contributed by atoms with Gasteiger partial charge in [0.1, 0.15) is 11.9 Å². The summed E-state index contributed by atoms with van der Waals surface area (Å²) in [6, 6.07) is 17.6. The van der Waals surface area contributed by atoms with E-state index in [4.69, 9.17) is 9.88 Å². The van der Waals surface area contributed by atoms with Gasteiger partial charge in [0.15, 0.2) is 0 Å². The van der Waals surface area contributed by atoms with E-state index < -0.39 is 16.1 Å². The van der Waals surface area contributed by atoms with Crippen molar-refractivity contribution in [1.82, 2.24) is 4.98 Å². The van der Waals surface area contributed by atoms with Crippen LogP contribution in [-0.4, -0.2) is 30.7 Å². The van der Waals surface area contributed by atoms with E-state index in [0.29, 0.717) is 12.2 Å². The Morgan fingerprint density at radius 3 is 2.48 bits per heavy atom. The van der Waals surface area contributed by atoms with Crippen LogP contribution in [0.5, 0.6) is 5.75 Å². The highest BCUT2D eigenvalue weighted by atomic mass is 32.2. The molecule has 2 unspecified atom stereocenters. The first-order valence-electron chi connectivity index (χ1n) is 9.30. The van der Waals surface area contributed by atoms with Crippen molar-refractivity contribution < 1.29 is 18.3 Å². The number of benzene rings is 2. The molecule has 7 heteroatoms. The number of pyridine rings is 1. The Morgan fingerprint density at radius 1 is 1.07 bits per heavy atom. The fourth-order valence-corrected chi connectivity index (χ4v) is 3.53. The number of nitrogens with zero attached hydrogens (tertiary/aromatic N) is 1. The number of primary sulfonamides is 1. The second kappa shape index (κ2) is 9.17. The van der Waals surface area contributed by atoms with Gasteiger partial charge in [-0.2, -0.15) is 0 Å². The zero-order valence-corrected chi connectivity index (χ0v) is 16.9. The molecule has 6 nitrogen and oxygen atoms in total. The molecule has 3 N–H and O–H groups in total. The zero-order valence-electron chi connectivity index (χ0n) is 16.1. The van der Waals surface area contributed by atoms with Gasteiger partial charge >= 0.3 is 0 Å². The van der Waals surface area contributed by atoms with Gasteiger partial charge in [0, 0.05) is 12.4 Å². The monoisotopic (exact) mass is 412 g/mol. The number of hydrogen-bond donors (Lipinski definition) is 2. The van der Waals surface area contributed by atoms with Crippen LogP contribution < -0.4 is 9.88 Å². The summed E-state index contributed by atoms with van der Waals surface area (Å²) in [5.41, 5.74) is 2.66. The molecule has 2 aromatic carbocycles. The first-order chi connectivity index (χ1) is 13.8. The summed E-state index contributed by atoms with van der Waals surface area (Å²) in [6.45, 7) is 1.83. The largest absolute Gasteiger partial charge is 0.488 e. The Morgan fingerprint density at radius 2 is 1.83 bits per heavy atom. The quantitative estimate of drug-likeness (QED) is 0.592. The van der Waals surface area contributed by atoms with Crippen LogP contribution in [-0.2, 0) is 16.4 Å². The maximum Gasteiger partial charge on any atom is 0.238 e.